The second-order valence-corrected chi connectivity index (χ2v) is 8.84. The van der Waals surface area contributed by atoms with E-state index in [4.69, 9.17) is 9.47 Å². The highest BCUT2D eigenvalue weighted by Gasteiger charge is 2.14. The van der Waals surface area contributed by atoms with Gasteiger partial charge in [0.2, 0.25) is 15.9 Å². The molecule has 0 aromatic heterocycles. The van der Waals surface area contributed by atoms with E-state index in [0.717, 1.165) is 11.1 Å². The molecule has 0 spiro atoms. The Balaban J connectivity index is 1.56. The average Bonchev–Trinajstić information content (AvgIpc) is 2.82. The fourth-order valence-electron chi connectivity index (χ4n) is 3.08. The lowest BCUT2D eigenvalue weighted by molar-refractivity contribution is -0.116. The van der Waals surface area contributed by atoms with Crippen molar-refractivity contribution in [2.24, 2.45) is 0 Å². The highest BCUT2D eigenvalue weighted by atomic mass is 32.2. The van der Waals surface area contributed by atoms with Gasteiger partial charge in [0.05, 0.1) is 24.8 Å². The molecule has 3 rings (SSSR count). The predicted octanol–water partition coefficient (Wildman–Crippen LogP) is 3.75. The number of nitrogens with one attached hydrogen (secondary N) is 2. The van der Waals surface area contributed by atoms with Crippen molar-refractivity contribution in [3.05, 3.63) is 83.9 Å². The van der Waals surface area contributed by atoms with Gasteiger partial charge in [-0.2, -0.15) is 0 Å². The molecule has 8 heteroatoms. The molecule has 0 atom stereocenters. The normalized spacial score (nSPS) is 11.1. The fourth-order valence-corrected chi connectivity index (χ4v) is 4.09. The molecule has 0 saturated carbocycles. The smallest absolute Gasteiger partial charge is 0.240 e. The zero-order valence-corrected chi connectivity index (χ0v) is 18.8. The van der Waals surface area contributed by atoms with E-state index < -0.39 is 10.0 Å². The van der Waals surface area contributed by atoms with Gasteiger partial charge in [-0.25, -0.2) is 13.1 Å². The number of hydrogen-bond acceptors (Lipinski definition) is 5. The number of anilines is 1. The molecule has 0 saturated heterocycles. The van der Waals surface area contributed by atoms with Crippen LogP contribution in [0.1, 0.15) is 17.5 Å². The van der Waals surface area contributed by atoms with Crippen LogP contribution >= 0.6 is 0 Å². The number of methoxy groups -OCH3 is 2. The van der Waals surface area contributed by atoms with Gasteiger partial charge in [-0.3, -0.25) is 4.79 Å². The third-order valence-corrected chi connectivity index (χ3v) is 6.28. The van der Waals surface area contributed by atoms with E-state index in [2.05, 4.69) is 10.0 Å². The maximum absolute atomic E-state index is 12.5. The number of benzene rings is 3. The topological polar surface area (TPSA) is 93.7 Å². The minimum absolute atomic E-state index is 0.183. The summed E-state index contributed by atoms with van der Waals surface area (Å²) in [6.07, 6.45) is 0.703. The van der Waals surface area contributed by atoms with Gasteiger partial charge in [0.15, 0.2) is 0 Å². The number of carbonyl (C=O) groups excluding carboxylic acids is 1. The summed E-state index contributed by atoms with van der Waals surface area (Å²) < 4.78 is 38.1. The highest BCUT2D eigenvalue weighted by Crippen LogP contribution is 2.29. The second-order valence-electron chi connectivity index (χ2n) is 7.07. The van der Waals surface area contributed by atoms with Crippen molar-refractivity contribution in [1.29, 1.82) is 0 Å². The number of rotatable bonds is 10. The molecule has 0 heterocycles. The van der Waals surface area contributed by atoms with Crippen LogP contribution in [0.3, 0.4) is 0 Å². The lowest BCUT2D eigenvalue weighted by atomic mass is 10.1. The lowest BCUT2D eigenvalue weighted by Crippen LogP contribution is -2.23. The summed E-state index contributed by atoms with van der Waals surface area (Å²) >= 11 is 0. The van der Waals surface area contributed by atoms with E-state index in [1.54, 1.807) is 49.6 Å². The van der Waals surface area contributed by atoms with Crippen LogP contribution in [-0.2, 0) is 27.8 Å². The standard InChI is InChI=1S/C24H26N2O5S/c1-30-20-11-14-23(31-2)22(16-20)26-24(27)15-10-18-8-12-21(13-9-18)32(28,29)25-17-19-6-4-3-5-7-19/h3-9,11-14,16,25H,10,15,17H2,1-2H3,(H,26,27). The van der Waals surface area contributed by atoms with Gasteiger partial charge in [-0.1, -0.05) is 42.5 Å². The van der Waals surface area contributed by atoms with Crippen LogP contribution in [-0.4, -0.2) is 28.5 Å². The van der Waals surface area contributed by atoms with Crippen molar-refractivity contribution in [2.45, 2.75) is 24.3 Å². The van der Waals surface area contributed by atoms with Gasteiger partial charge in [0, 0.05) is 19.0 Å². The van der Waals surface area contributed by atoms with Crippen molar-refractivity contribution in [1.82, 2.24) is 4.72 Å². The van der Waals surface area contributed by atoms with E-state index >= 15 is 0 Å². The minimum atomic E-state index is -3.62. The van der Waals surface area contributed by atoms with Crippen molar-refractivity contribution in [2.75, 3.05) is 19.5 Å². The Kier molecular flexibility index (Phi) is 7.86. The molecule has 0 aliphatic rings. The number of sulfonamides is 1. The Morgan fingerprint density at radius 3 is 2.25 bits per heavy atom. The Labute approximate surface area is 188 Å². The summed E-state index contributed by atoms with van der Waals surface area (Å²) in [5.74, 6) is 0.966. The summed E-state index contributed by atoms with van der Waals surface area (Å²) in [5, 5.41) is 2.82. The number of amides is 1. The molecule has 0 aliphatic carbocycles. The lowest BCUT2D eigenvalue weighted by Gasteiger charge is -2.12. The Hall–Kier alpha value is -3.36. The molecular formula is C24H26N2O5S. The van der Waals surface area contributed by atoms with Gasteiger partial charge in [-0.05, 0) is 41.8 Å². The van der Waals surface area contributed by atoms with Crippen LogP contribution in [0.2, 0.25) is 0 Å². The summed E-state index contributed by atoms with van der Waals surface area (Å²) in [4.78, 5) is 12.6. The maximum atomic E-state index is 12.5. The van der Waals surface area contributed by atoms with Crippen LogP contribution in [0.25, 0.3) is 0 Å². The molecule has 3 aromatic rings. The average molecular weight is 455 g/mol. The Morgan fingerprint density at radius 1 is 0.875 bits per heavy atom. The maximum Gasteiger partial charge on any atom is 0.240 e. The number of hydrogen-bond donors (Lipinski definition) is 2. The zero-order valence-electron chi connectivity index (χ0n) is 18.0. The molecule has 0 aliphatic heterocycles. The molecular weight excluding hydrogens is 428 g/mol. The third kappa shape index (κ3) is 6.32. The van der Waals surface area contributed by atoms with Gasteiger partial charge >= 0.3 is 0 Å². The Bertz CT molecular complexity index is 1150. The third-order valence-electron chi connectivity index (χ3n) is 4.86. The highest BCUT2D eigenvalue weighted by molar-refractivity contribution is 7.89. The summed E-state index contributed by atoms with van der Waals surface area (Å²) in [7, 11) is -0.537. The van der Waals surface area contributed by atoms with Crippen molar-refractivity contribution >= 4 is 21.6 Å². The van der Waals surface area contributed by atoms with E-state index in [1.807, 2.05) is 30.3 Å². The summed E-state index contributed by atoms with van der Waals surface area (Å²) in [6.45, 7) is 0.221. The zero-order chi connectivity index (χ0) is 23.0. The SMILES string of the molecule is COc1ccc(OC)c(NC(=O)CCc2ccc(S(=O)(=O)NCc3ccccc3)cc2)c1. The van der Waals surface area contributed by atoms with E-state index in [-0.39, 0.29) is 23.8 Å². The quantitative estimate of drug-likeness (QED) is 0.487. The van der Waals surface area contributed by atoms with Crippen LogP contribution < -0.4 is 19.5 Å². The first-order valence-corrected chi connectivity index (χ1v) is 11.5. The van der Waals surface area contributed by atoms with Crippen molar-refractivity contribution in [3.8, 4) is 11.5 Å². The largest absolute Gasteiger partial charge is 0.497 e. The molecule has 1 amide bonds. The first-order valence-electron chi connectivity index (χ1n) is 10.1. The van der Waals surface area contributed by atoms with Crippen LogP contribution in [0.15, 0.2) is 77.7 Å². The molecule has 3 aromatic carbocycles. The molecule has 2 N–H and O–H groups in total. The molecule has 7 nitrogen and oxygen atoms in total. The molecule has 0 radical (unpaired) electrons. The van der Waals surface area contributed by atoms with Crippen LogP contribution in [0, 0.1) is 0 Å². The molecule has 32 heavy (non-hydrogen) atoms. The molecule has 0 unspecified atom stereocenters. The Morgan fingerprint density at radius 2 is 1.59 bits per heavy atom. The fraction of sp³-hybridized carbons (Fsp3) is 0.208. The minimum Gasteiger partial charge on any atom is -0.497 e. The van der Waals surface area contributed by atoms with E-state index in [1.165, 1.54) is 7.11 Å². The first-order chi connectivity index (χ1) is 15.4. The summed E-state index contributed by atoms with van der Waals surface area (Å²) in [6, 6.07) is 21.0. The molecule has 0 fully saturated rings. The number of ether oxygens (including phenoxy) is 2. The number of carbonyl (C=O) groups is 1. The van der Waals surface area contributed by atoms with Crippen molar-refractivity contribution < 1.29 is 22.7 Å². The van der Waals surface area contributed by atoms with E-state index in [9.17, 15) is 13.2 Å². The van der Waals surface area contributed by atoms with Crippen molar-refractivity contribution in [3.63, 3.8) is 0 Å². The predicted molar refractivity (Wildman–Crippen MR) is 123 cm³/mol. The van der Waals surface area contributed by atoms with Gasteiger partial charge in [-0.15, -0.1) is 0 Å². The molecule has 0 bridgehead atoms. The van der Waals surface area contributed by atoms with Gasteiger partial charge in [0.1, 0.15) is 11.5 Å². The molecule has 168 valence electrons. The first kappa shape index (κ1) is 23.3. The van der Waals surface area contributed by atoms with Crippen LogP contribution in [0.5, 0.6) is 11.5 Å². The number of aryl methyl sites for hydroxylation is 1. The van der Waals surface area contributed by atoms with Crippen LogP contribution in [0.4, 0.5) is 5.69 Å². The van der Waals surface area contributed by atoms with E-state index in [0.29, 0.717) is 23.6 Å². The monoisotopic (exact) mass is 454 g/mol. The van der Waals surface area contributed by atoms with Gasteiger partial charge < -0.3 is 14.8 Å². The summed E-state index contributed by atoms with van der Waals surface area (Å²) in [5.41, 5.74) is 2.27. The second kappa shape index (κ2) is 10.8. The van der Waals surface area contributed by atoms with Gasteiger partial charge in [0.25, 0.3) is 0 Å².